The lowest BCUT2D eigenvalue weighted by atomic mass is 10.1. The second-order valence-electron chi connectivity index (χ2n) is 10.2. The van der Waals surface area contributed by atoms with E-state index in [1.807, 2.05) is 0 Å². The summed E-state index contributed by atoms with van der Waals surface area (Å²) >= 11 is 0. The number of nitrogens with zero attached hydrogens (tertiary/aromatic N) is 4. The van der Waals surface area contributed by atoms with E-state index in [-0.39, 0.29) is 104 Å². The summed E-state index contributed by atoms with van der Waals surface area (Å²) < 4.78 is 0. The number of carboxylic acid groups (broad SMARTS) is 5. The zero-order chi connectivity index (χ0) is 31.7. The average molecular weight is 605 g/mol. The Morgan fingerprint density at radius 1 is 0.619 bits per heavy atom. The Bertz CT molecular complexity index is 889. The molecule has 0 radical (unpaired) electrons. The molecule has 8 N–H and O–H groups in total. The molecule has 42 heavy (non-hydrogen) atoms. The highest BCUT2D eigenvalue weighted by Crippen LogP contribution is 2.11. The van der Waals surface area contributed by atoms with Gasteiger partial charge in [0.25, 0.3) is 0 Å². The number of hydrogen-bond donors (Lipinski definition) is 7. The molecule has 1 rings (SSSR count). The minimum Gasteiger partial charge on any atom is -0.480 e. The van der Waals surface area contributed by atoms with E-state index in [4.69, 9.17) is 10.8 Å². The molecule has 0 bridgehead atoms. The van der Waals surface area contributed by atoms with Crippen molar-refractivity contribution in [3.8, 4) is 0 Å². The summed E-state index contributed by atoms with van der Waals surface area (Å²) in [7, 11) is 0. The number of unbranched alkanes of at least 4 members (excludes halogenated alkanes) is 1. The summed E-state index contributed by atoms with van der Waals surface area (Å²) in [5.41, 5.74) is 5.45. The highest BCUT2D eigenvalue weighted by molar-refractivity contribution is 5.78. The number of carbonyl (C=O) groups is 6. The van der Waals surface area contributed by atoms with E-state index in [9.17, 15) is 49.2 Å². The smallest absolute Gasteiger partial charge is 0.320 e. The first-order valence-corrected chi connectivity index (χ1v) is 13.8. The van der Waals surface area contributed by atoms with Crippen molar-refractivity contribution in [2.75, 3.05) is 78.5 Å². The van der Waals surface area contributed by atoms with Crippen molar-refractivity contribution >= 4 is 35.8 Å². The van der Waals surface area contributed by atoms with Crippen LogP contribution in [0.2, 0.25) is 0 Å². The highest BCUT2D eigenvalue weighted by atomic mass is 16.4. The Morgan fingerprint density at radius 2 is 1.05 bits per heavy atom. The molecule has 1 heterocycles. The third-order valence-corrected chi connectivity index (χ3v) is 6.90. The molecule has 0 aromatic heterocycles. The van der Waals surface area contributed by atoms with Crippen molar-refractivity contribution < 1.29 is 54.3 Å². The molecule has 0 saturated carbocycles. The van der Waals surface area contributed by atoms with Crippen LogP contribution in [-0.2, 0) is 28.8 Å². The molecule has 0 aromatic rings. The van der Waals surface area contributed by atoms with Crippen molar-refractivity contribution in [1.82, 2.24) is 24.9 Å². The van der Waals surface area contributed by atoms with E-state index in [2.05, 4.69) is 5.32 Å². The van der Waals surface area contributed by atoms with Gasteiger partial charge in [-0.25, -0.2) is 0 Å². The standard InChI is InChI=1S/C25H44N6O11/c26-18(24(39)40)3-1-2-6-27-20(32)5-4-19(25(41)42)31-13-11-29(16-22(35)36)9-7-28(15-21(33)34)8-10-30(12-14-31)17-23(37)38/h18-19H,1-17,26H2,(H,27,32)(H,33,34)(H,35,36)(H,37,38)(H,39,40)(H,41,42)/t18-,19?/m0/s1. The molecule has 1 aliphatic rings. The molecule has 1 unspecified atom stereocenters. The number of amides is 1. The Kier molecular flexibility index (Phi) is 17.2. The van der Waals surface area contributed by atoms with Gasteiger partial charge in [0.2, 0.25) is 5.91 Å². The van der Waals surface area contributed by atoms with Crippen molar-refractivity contribution in [3.05, 3.63) is 0 Å². The minimum absolute atomic E-state index is 0.0463. The van der Waals surface area contributed by atoms with E-state index >= 15 is 0 Å². The normalized spacial score (nSPS) is 18.2. The highest BCUT2D eigenvalue weighted by Gasteiger charge is 2.28. The Morgan fingerprint density at radius 3 is 1.43 bits per heavy atom. The van der Waals surface area contributed by atoms with Crippen LogP contribution in [0, 0.1) is 0 Å². The molecule has 1 fully saturated rings. The molecule has 0 aromatic carbocycles. The van der Waals surface area contributed by atoms with Crippen molar-refractivity contribution in [1.29, 1.82) is 0 Å². The van der Waals surface area contributed by atoms with E-state index in [0.29, 0.717) is 12.8 Å². The van der Waals surface area contributed by atoms with Gasteiger partial charge < -0.3 is 36.6 Å². The number of aliphatic carboxylic acids is 5. The van der Waals surface area contributed by atoms with Crippen LogP contribution in [0.1, 0.15) is 32.1 Å². The Labute approximate surface area is 243 Å². The predicted octanol–water partition coefficient (Wildman–Crippen LogP) is -2.61. The quantitative estimate of drug-likeness (QED) is 0.0840. The summed E-state index contributed by atoms with van der Waals surface area (Å²) in [5, 5.41) is 49.4. The predicted molar refractivity (Wildman–Crippen MR) is 147 cm³/mol. The fraction of sp³-hybridized carbons (Fsp3) is 0.760. The van der Waals surface area contributed by atoms with Crippen molar-refractivity contribution in [2.45, 2.75) is 44.2 Å². The first kappa shape index (κ1) is 36.6. The monoisotopic (exact) mass is 604 g/mol. The number of carboxylic acids is 5. The molecule has 0 spiro atoms. The Balaban J connectivity index is 2.92. The van der Waals surface area contributed by atoms with Gasteiger partial charge in [-0.2, -0.15) is 0 Å². The molecule has 0 aliphatic carbocycles. The van der Waals surface area contributed by atoms with Crippen LogP contribution in [0.5, 0.6) is 0 Å². The van der Waals surface area contributed by atoms with Crippen LogP contribution >= 0.6 is 0 Å². The second-order valence-corrected chi connectivity index (χ2v) is 10.2. The maximum atomic E-state index is 12.4. The topological polar surface area (TPSA) is 255 Å². The SMILES string of the molecule is N[C@@H](CCCCNC(=O)CCC(C(=O)O)N1CCN(CC(=O)O)CCN(CC(=O)O)CCN(CC(=O)O)CC1)C(=O)O. The molecule has 2 atom stereocenters. The lowest BCUT2D eigenvalue weighted by Gasteiger charge is -2.35. The maximum Gasteiger partial charge on any atom is 0.320 e. The third kappa shape index (κ3) is 16.2. The zero-order valence-corrected chi connectivity index (χ0v) is 23.7. The molecular formula is C25H44N6O11. The molecule has 240 valence electrons. The number of rotatable bonds is 17. The van der Waals surface area contributed by atoms with Gasteiger partial charge >= 0.3 is 29.8 Å². The molecule has 1 saturated heterocycles. The van der Waals surface area contributed by atoms with E-state index in [0.717, 1.165) is 0 Å². The molecular weight excluding hydrogens is 560 g/mol. The fourth-order valence-electron chi connectivity index (χ4n) is 4.57. The Hall–Kier alpha value is -3.38. The van der Waals surface area contributed by atoms with Crippen LogP contribution < -0.4 is 11.1 Å². The van der Waals surface area contributed by atoms with Gasteiger partial charge in [-0.05, 0) is 25.7 Å². The zero-order valence-electron chi connectivity index (χ0n) is 23.7. The van der Waals surface area contributed by atoms with Crippen LogP contribution in [0.15, 0.2) is 0 Å². The lowest BCUT2D eigenvalue weighted by Crippen LogP contribution is -2.52. The summed E-state index contributed by atoms with van der Waals surface area (Å²) in [6.45, 7) is 0.679. The van der Waals surface area contributed by atoms with Gasteiger partial charge in [0.1, 0.15) is 12.1 Å². The van der Waals surface area contributed by atoms with Gasteiger partial charge in [-0.15, -0.1) is 0 Å². The van der Waals surface area contributed by atoms with Gasteiger partial charge in [0.05, 0.1) is 19.6 Å². The average Bonchev–Trinajstić information content (AvgIpc) is 2.88. The van der Waals surface area contributed by atoms with Crippen LogP contribution in [-0.4, -0.2) is 172 Å². The van der Waals surface area contributed by atoms with E-state index in [1.165, 1.54) is 0 Å². The lowest BCUT2D eigenvalue weighted by molar-refractivity contribution is -0.145. The van der Waals surface area contributed by atoms with Crippen LogP contribution in [0.4, 0.5) is 0 Å². The van der Waals surface area contributed by atoms with Gasteiger partial charge in [-0.3, -0.25) is 48.4 Å². The van der Waals surface area contributed by atoms with Gasteiger partial charge in [0, 0.05) is 65.3 Å². The maximum absolute atomic E-state index is 12.4. The molecule has 1 amide bonds. The first-order chi connectivity index (χ1) is 19.8. The van der Waals surface area contributed by atoms with Crippen molar-refractivity contribution in [3.63, 3.8) is 0 Å². The number of carbonyl (C=O) groups excluding carboxylic acids is 1. The second kappa shape index (κ2) is 19.7. The summed E-state index contributed by atoms with van der Waals surface area (Å²) in [4.78, 5) is 76.0. The van der Waals surface area contributed by atoms with Crippen LogP contribution in [0.25, 0.3) is 0 Å². The molecule has 17 nitrogen and oxygen atoms in total. The fourth-order valence-corrected chi connectivity index (χ4v) is 4.57. The van der Waals surface area contributed by atoms with Gasteiger partial charge in [0.15, 0.2) is 0 Å². The first-order valence-electron chi connectivity index (χ1n) is 13.8. The summed E-state index contributed by atoms with van der Waals surface area (Å²) in [6, 6.07) is -2.08. The number of nitrogens with one attached hydrogen (secondary N) is 1. The number of hydrogen-bond acceptors (Lipinski definition) is 11. The molecule has 1 aliphatic heterocycles. The van der Waals surface area contributed by atoms with Crippen LogP contribution in [0.3, 0.4) is 0 Å². The third-order valence-electron chi connectivity index (χ3n) is 6.90. The van der Waals surface area contributed by atoms with Gasteiger partial charge in [-0.1, -0.05) is 0 Å². The minimum atomic E-state index is -1.18. The summed E-state index contributed by atoms with van der Waals surface area (Å²) in [5.74, 6) is -5.92. The van der Waals surface area contributed by atoms with E-state index in [1.54, 1.807) is 19.6 Å². The number of nitrogens with two attached hydrogens (primary N) is 1. The summed E-state index contributed by atoms with van der Waals surface area (Å²) in [6.07, 6.45) is 1.10. The molecule has 17 heteroatoms. The van der Waals surface area contributed by atoms with E-state index < -0.39 is 41.9 Å². The largest absolute Gasteiger partial charge is 0.480 e. The van der Waals surface area contributed by atoms with Crippen molar-refractivity contribution in [2.24, 2.45) is 5.73 Å².